The highest BCUT2D eigenvalue weighted by Crippen LogP contribution is 2.35. The van der Waals surface area contributed by atoms with E-state index in [-0.39, 0.29) is 23.7 Å². The highest BCUT2D eigenvalue weighted by Gasteiger charge is 2.39. The van der Waals surface area contributed by atoms with E-state index in [1.165, 1.54) is 4.68 Å². The van der Waals surface area contributed by atoms with Gasteiger partial charge in [0.2, 0.25) is 5.89 Å². The number of hydrogen-bond acceptors (Lipinski definition) is 6. The van der Waals surface area contributed by atoms with Crippen LogP contribution in [0.1, 0.15) is 66.3 Å². The number of carbonyl (C=O) groups is 1. The molecule has 8 heteroatoms. The van der Waals surface area contributed by atoms with Crippen molar-refractivity contribution in [3.8, 4) is 0 Å². The highest BCUT2D eigenvalue weighted by atomic mass is 16.5. The minimum atomic E-state index is -0.728. The molecular weight excluding hydrogens is 430 g/mol. The van der Waals surface area contributed by atoms with Crippen molar-refractivity contribution in [3.63, 3.8) is 0 Å². The first-order chi connectivity index (χ1) is 16.6. The van der Waals surface area contributed by atoms with E-state index in [1.807, 2.05) is 36.4 Å². The maximum atomic E-state index is 13.8. The molecule has 0 atom stereocenters. The summed E-state index contributed by atoms with van der Waals surface area (Å²) in [5.74, 6) is 0.623. The normalized spacial score (nSPS) is 15.7. The van der Waals surface area contributed by atoms with Crippen LogP contribution in [0.15, 0.2) is 63.9 Å². The molecule has 1 aliphatic carbocycles. The summed E-state index contributed by atoms with van der Waals surface area (Å²) in [6, 6.07) is 16.7. The maximum absolute atomic E-state index is 13.8. The van der Waals surface area contributed by atoms with Crippen LogP contribution in [0.5, 0.6) is 0 Å². The van der Waals surface area contributed by atoms with Crippen molar-refractivity contribution in [1.29, 1.82) is 0 Å². The molecular formula is C26H27N5O3. The van der Waals surface area contributed by atoms with Gasteiger partial charge in [-0.2, -0.15) is 10.1 Å². The van der Waals surface area contributed by atoms with E-state index in [1.54, 1.807) is 25.1 Å². The van der Waals surface area contributed by atoms with Crippen molar-refractivity contribution < 1.29 is 9.32 Å². The third-order valence-corrected chi connectivity index (χ3v) is 6.52. The number of aromatic nitrogens is 4. The molecule has 1 N–H and O–H groups in total. The summed E-state index contributed by atoms with van der Waals surface area (Å²) in [4.78, 5) is 31.4. The number of hydrogen-bond donors (Lipinski definition) is 1. The van der Waals surface area contributed by atoms with Crippen LogP contribution in [0.2, 0.25) is 0 Å². The van der Waals surface area contributed by atoms with E-state index in [2.05, 4.69) is 20.6 Å². The molecule has 2 heterocycles. The zero-order chi connectivity index (χ0) is 23.5. The zero-order valence-electron chi connectivity index (χ0n) is 19.2. The topological polar surface area (TPSA) is 103 Å². The summed E-state index contributed by atoms with van der Waals surface area (Å²) in [6.07, 6.45) is 5.54. The van der Waals surface area contributed by atoms with E-state index >= 15 is 0 Å². The van der Waals surface area contributed by atoms with Crippen LogP contribution >= 0.6 is 0 Å². The van der Waals surface area contributed by atoms with E-state index in [0.29, 0.717) is 22.5 Å². The number of amides is 1. The van der Waals surface area contributed by atoms with Crippen LogP contribution in [0.25, 0.3) is 10.8 Å². The summed E-state index contributed by atoms with van der Waals surface area (Å²) < 4.78 is 6.63. The summed E-state index contributed by atoms with van der Waals surface area (Å²) in [5.41, 5.74) is 0.194. The molecule has 1 saturated carbocycles. The largest absolute Gasteiger partial charge is 0.340 e. The Balaban J connectivity index is 1.58. The lowest BCUT2D eigenvalue weighted by Gasteiger charge is -2.30. The summed E-state index contributed by atoms with van der Waals surface area (Å²) in [5, 5.41) is 12.9. The third kappa shape index (κ3) is 4.23. The molecule has 2 aromatic heterocycles. The highest BCUT2D eigenvalue weighted by molar-refractivity contribution is 6.05. The van der Waals surface area contributed by atoms with E-state index in [0.717, 1.165) is 44.1 Å². The Hall–Kier alpha value is -3.81. The Kier molecular flexibility index (Phi) is 5.96. The lowest BCUT2D eigenvalue weighted by atomic mass is 9.89. The maximum Gasteiger partial charge on any atom is 0.274 e. The third-order valence-electron chi connectivity index (χ3n) is 6.52. The second kappa shape index (κ2) is 9.21. The van der Waals surface area contributed by atoms with Crippen LogP contribution in [0, 0.1) is 6.92 Å². The van der Waals surface area contributed by atoms with E-state index in [4.69, 9.17) is 4.52 Å². The number of nitrogens with one attached hydrogen (secondary N) is 1. The van der Waals surface area contributed by atoms with Crippen LogP contribution in [0.4, 0.5) is 0 Å². The fourth-order valence-corrected chi connectivity index (χ4v) is 4.77. The first kappa shape index (κ1) is 22.0. The molecule has 2 aromatic carbocycles. The molecule has 0 spiro atoms. The minimum Gasteiger partial charge on any atom is -0.340 e. The number of benzene rings is 2. The molecule has 1 amide bonds. The van der Waals surface area contributed by atoms with Crippen LogP contribution in [-0.4, -0.2) is 25.8 Å². The average molecular weight is 458 g/mol. The minimum absolute atomic E-state index is 0.218. The predicted molar refractivity (Wildman–Crippen MR) is 127 cm³/mol. The van der Waals surface area contributed by atoms with Gasteiger partial charge in [0.1, 0.15) is 5.54 Å². The molecule has 174 valence electrons. The van der Waals surface area contributed by atoms with Crippen molar-refractivity contribution in [1.82, 2.24) is 25.2 Å². The molecule has 0 aliphatic heterocycles. The van der Waals surface area contributed by atoms with Crippen molar-refractivity contribution in [2.75, 3.05) is 0 Å². The van der Waals surface area contributed by atoms with E-state index < -0.39 is 5.54 Å². The van der Waals surface area contributed by atoms with Crippen molar-refractivity contribution in [2.45, 2.75) is 57.5 Å². The second-order valence-electron chi connectivity index (χ2n) is 8.93. The summed E-state index contributed by atoms with van der Waals surface area (Å²) >= 11 is 0. The smallest absolute Gasteiger partial charge is 0.274 e. The Morgan fingerprint density at radius 3 is 2.35 bits per heavy atom. The van der Waals surface area contributed by atoms with Gasteiger partial charge >= 0.3 is 0 Å². The summed E-state index contributed by atoms with van der Waals surface area (Å²) in [7, 11) is 0. The SMILES string of the molecule is Cc1nc(C2(NC(=O)c3nn(Cc4ccccc4)c(=O)c4ccccc34)CCCCCC2)no1. The van der Waals surface area contributed by atoms with Gasteiger partial charge in [-0.25, -0.2) is 4.68 Å². The van der Waals surface area contributed by atoms with Gasteiger partial charge in [-0.1, -0.05) is 79.4 Å². The molecule has 0 saturated heterocycles. The Bertz CT molecular complexity index is 1370. The lowest BCUT2D eigenvalue weighted by molar-refractivity contribution is 0.0871. The number of rotatable bonds is 5. The number of fused-ring (bicyclic) bond motifs is 1. The van der Waals surface area contributed by atoms with Crippen LogP contribution in [0.3, 0.4) is 0 Å². The van der Waals surface area contributed by atoms with Crippen LogP contribution in [-0.2, 0) is 12.1 Å². The average Bonchev–Trinajstić information content (AvgIpc) is 3.16. The van der Waals surface area contributed by atoms with Gasteiger partial charge in [-0.15, -0.1) is 0 Å². The van der Waals surface area contributed by atoms with Gasteiger partial charge in [0, 0.05) is 12.3 Å². The predicted octanol–water partition coefficient (Wildman–Crippen LogP) is 4.12. The number of carbonyl (C=O) groups excluding carboxylic acids is 1. The van der Waals surface area contributed by atoms with Gasteiger partial charge in [0.25, 0.3) is 11.5 Å². The van der Waals surface area contributed by atoms with Crippen molar-refractivity contribution in [2.24, 2.45) is 0 Å². The first-order valence-corrected chi connectivity index (χ1v) is 11.7. The van der Waals surface area contributed by atoms with Crippen molar-refractivity contribution in [3.05, 3.63) is 87.9 Å². The van der Waals surface area contributed by atoms with Gasteiger partial charge < -0.3 is 9.84 Å². The number of nitrogens with zero attached hydrogens (tertiary/aromatic N) is 4. The van der Waals surface area contributed by atoms with Crippen LogP contribution < -0.4 is 10.9 Å². The van der Waals surface area contributed by atoms with Gasteiger partial charge in [-0.3, -0.25) is 9.59 Å². The van der Waals surface area contributed by atoms with Gasteiger partial charge in [-0.05, 0) is 24.5 Å². The Morgan fingerprint density at radius 1 is 1.00 bits per heavy atom. The molecule has 8 nitrogen and oxygen atoms in total. The van der Waals surface area contributed by atoms with Gasteiger partial charge in [0.15, 0.2) is 11.5 Å². The standard InChI is InChI=1S/C26H27N5O3/c1-18-27-25(30-34-18)26(15-9-2-3-10-16-26)28-23(32)22-20-13-7-8-14-21(20)24(33)31(29-22)17-19-11-5-4-6-12-19/h4-8,11-14H,2-3,9-10,15-17H2,1H3,(H,28,32). The Labute approximate surface area is 197 Å². The molecule has 1 fully saturated rings. The van der Waals surface area contributed by atoms with Gasteiger partial charge in [0.05, 0.1) is 11.9 Å². The first-order valence-electron chi connectivity index (χ1n) is 11.7. The molecule has 5 rings (SSSR count). The second-order valence-corrected chi connectivity index (χ2v) is 8.93. The molecule has 1 aliphatic rings. The molecule has 0 bridgehead atoms. The Morgan fingerprint density at radius 2 is 1.68 bits per heavy atom. The molecule has 0 radical (unpaired) electrons. The molecule has 34 heavy (non-hydrogen) atoms. The monoisotopic (exact) mass is 457 g/mol. The summed E-state index contributed by atoms with van der Waals surface area (Å²) in [6.45, 7) is 2.03. The zero-order valence-corrected chi connectivity index (χ0v) is 19.2. The lowest BCUT2D eigenvalue weighted by Crippen LogP contribution is -2.47. The molecule has 4 aromatic rings. The molecule has 0 unspecified atom stereocenters. The van der Waals surface area contributed by atoms with E-state index in [9.17, 15) is 9.59 Å². The quantitative estimate of drug-likeness (QED) is 0.452. The van der Waals surface area contributed by atoms with Crippen molar-refractivity contribution >= 4 is 16.7 Å². The fraction of sp³-hybridized carbons (Fsp3) is 0.346. The number of aryl methyl sites for hydroxylation is 1. The fourth-order valence-electron chi connectivity index (χ4n) is 4.77.